The van der Waals surface area contributed by atoms with Gasteiger partial charge in [0.1, 0.15) is 5.75 Å². The maximum atomic E-state index is 9.62. The topological polar surface area (TPSA) is 46.2 Å². The zero-order valence-electron chi connectivity index (χ0n) is 13.4. The first-order chi connectivity index (χ1) is 11.1. The van der Waals surface area contributed by atoms with Crippen molar-refractivity contribution < 1.29 is 5.11 Å². The summed E-state index contributed by atoms with van der Waals surface area (Å²) in [5, 5.41) is 9.62. The van der Waals surface area contributed by atoms with Gasteiger partial charge in [-0.15, -0.1) is 0 Å². The summed E-state index contributed by atoms with van der Waals surface area (Å²) < 4.78 is 0. The van der Waals surface area contributed by atoms with Gasteiger partial charge in [0, 0.05) is 5.41 Å². The van der Waals surface area contributed by atoms with Crippen molar-refractivity contribution in [3.05, 3.63) is 90.0 Å². The Morgan fingerprint density at radius 2 is 1.52 bits per heavy atom. The number of hydrogen-bond donors (Lipinski definition) is 2. The third-order valence-corrected chi connectivity index (χ3v) is 4.87. The molecule has 0 aliphatic heterocycles. The molecule has 23 heavy (non-hydrogen) atoms. The molecule has 3 rings (SSSR count). The fourth-order valence-corrected chi connectivity index (χ4v) is 3.70. The molecular formula is C21H23NO. The van der Waals surface area contributed by atoms with Crippen LogP contribution in [0.3, 0.4) is 0 Å². The standard InChI is InChI=1S/C21H23NO/c1-2-14-20(17-8-4-3-5-9-17)15-6-7-16-21(20,22)18-10-12-19(23)13-11-18/h3-13,15-16,23H,2,14,22H2,1H3. The van der Waals surface area contributed by atoms with Crippen LogP contribution in [0.1, 0.15) is 30.9 Å². The van der Waals surface area contributed by atoms with E-state index in [4.69, 9.17) is 5.73 Å². The summed E-state index contributed by atoms with van der Waals surface area (Å²) in [6.45, 7) is 2.19. The molecule has 1 aliphatic carbocycles. The molecule has 0 amide bonds. The highest BCUT2D eigenvalue weighted by Crippen LogP contribution is 2.48. The van der Waals surface area contributed by atoms with Crippen molar-refractivity contribution >= 4 is 0 Å². The van der Waals surface area contributed by atoms with E-state index in [1.54, 1.807) is 12.1 Å². The van der Waals surface area contributed by atoms with E-state index in [2.05, 4.69) is 49.4 Å². The minimum atomic E-state index is -0.646. The maximum absolute atomic E-state index is 9.62. The van der Waals surface area contributed by atoms with Crippen LogP contribution in [0.25, 0.3) is 0 Å². The number of phenols is 1. The predicted molar refractivity (Wildman–Crippen MR) is 95.3 cm³/mol. The van der Waals surface area contributed by atoms with Crippen molar-refractivity contribution in [2.45, 2.75) is 30.7 Å². The van der Waals surface area contributed by atoms with E-state index in [0.29, 0.717) is 0 Å². The Labute approximate surface area is 138 Å². The zero-order chi connectivity index (χ0) is 16.3. The third-order valence-electron chi connectivity index (χ3n) is 4.87. The molecule has 0 saturated carbocycles. The molecule has 2 unspecified atom stereocenters. The predicted octanol–water partition coefficient (Wildman–Crippen LogP) is 4.41. The minimum absolute atomic E-state index is 0.258. The van der Waals surface area contributed by atoms with Gasteiger partial charge < -0.3 is 10.8 Å². The normalized spacial score (nSPS) is 26.3. The average molecular weight is 305 g/mol. The summed E-state index contributed by atoms with van der Waals surface area (Å²) >= 11 is 0. The zero-order valence-corrected chi connectivity index (χ0v) is 13.4. The number of allylic oxidation sites excluding steroid dienone is 2. The molecule has 2 atom stereocenters. The van der Waals surface area contributed by atoms with E-state index in [1.807, 2.05) is 24.3 Å². The van der Waals surface area contributed by atoms with Crippen LogP contribution in [-0.4, -0.2) is 5.11 Å². The Bertz CT molecular complexity index is 717. The maximum Gasteiger partial charge on any atom is 0.115 e. The van der Waals surface area contributed by atoms with Crippen LogP contribution in [0.2, 0.25) is 0 Å². The van der Waals surface area contributed by atoms with Crippen LogP contribution in [0.5, 0.6) is 5.75 Å². The molecule has 2 aromatic carbocycles. The lowest BCUT2D eigenvalue weighted by Crippen LogP contribution is -2.54. The van der Waals surface area contributed by atoms with Crippen LogP contribution < -0.4 is 5.73 Å². The minimum Gasteiger partial charge on any atom is -0.508 e. The first kappa shape index (κ1) is 15.6. The highest BCUT2D eigenvalue weighted by molar-refractivity contribution is 5.49. The van der Waals surface area contributed by atoms with Crippen LogP contribution >= 0.6 is 0 Å². The van der Waals surface area contributed by atoms with Crippen molar-refractivity contribution in [2.75, 3.05) is 0 Å². The quantitative estimate of drug-likeness (QED) is 0.879. The lowest BCUT2D eigenvalue weighted by molar-refractivity contribution is 0.309. The summed E-state index contributed by atoms with van der Waals surface area (Å²) in [6.07, 6.45) is 10.4. The second-order valence-electron chi connectivity index (χ2n) is 6.22. The molecule has 0 aromatic heterocycles. The molecule has 2 heteroatoms. The van der Waals surface area contributed by atoms with Gasteiger partial charge in [-0.2, -0.15) is 0 Å². The SMILES string of the molecule is CCCC1(c2ccccc2)C=CC=CC1(N)c1ccc(O)cc1. The Morgan fingerprint density at radius 1 is 0.870 bits per heavy atom. The fourth-order valence-electron chi connectivity index (χ4n) is 3.70. The lowest BCUT2D eigenvalue weighted by Gasteiger charge is -2.47. The van der Waals surface area contributed by atoms with Gasteiger partial charge in [0.15, 0.2) is 0 Å². The van der Waals surface area contributed by atoms with E-state index < -0.39 is 5.54 Å². The smallest absolute Gasteiger partial charge is 0.115 e. The van der Waals surface area contributed by atoms with Gasteiger partial charge in [0.2, 0.25) is 0 Å². The van der Waals surface area contributed by atoms with Crippen molar-refractivity contribution in [3.63, 3.8) is 0 Å². The van der Waals surface area contributed by atoms with Gasteiger partial charge >= 0.3 is 0 Å². The van der Waals surface area contributed by atoms with E-state index in [9.17, 15) is 5.11 Å². The molecule has 0 fully saturated rings. The molecule has 2 nitrogen and oxygen atoms in total. The first-order valence-corrected chi connectivity index (χ1v) is 8.13. The Hall–Kier alpha value is -2.32. The van der Waals surface area contributed by atoms with Gasteiger partial charge in [0.25, 0.3) is 0 Å². The van der Waals surface area contributed by atoms with Crippen molar-refractivity contribution in [2.24, 2.45) is 5.73 Å². The fraction of sp³-hybridized carbons (Fsp3) is 0.238. The average Bonchev–Trinajstić information content (AvgIpc) is 2.58. The van der Waals surface area contributed by atoms with Crippen molar-refractivity contribution in [1.29, 1.82) is 0 Å². The second-order valence-corrected chi connectivity index (χ2v) is 6.22. The highest BCUT2D eigenvalue weighted by atomic mass is 16.3. The van der Waals surface area contributed by atoms with E-state index in [0.717, 1.165) is 18.4 Å². The number of rotatable bonds is 4. The van der Waals surface area contributed by atoms with E-state index in [-0.39, 0.29) is 11.2 Å². The lowest BCUT2D eigenvalue weighted by atomic mass is 9.59. The van der Waals surface area contributed by atoms with Crippen molar-refractivity contribution in [3.8, 4) is 5.75 Å². The monoisotopic (exact) mass is 305 g/mol. The number of hydrogen-bond acceptors (Lipinski definition) is 2. The van der Waals surface area contributed by atoms with Gasteiger partial charge in [0.05, 0.1) is 5.54 Å². The first-order valence-electron chi connectivity index (χ1n) is 8.13. The molecule has 0 spiro atoms. The molecular weight excluding hydrogens is 282 g/mol. The molecule has 0 heterocycles. The third kappa shape index (κ3) is 2.49. The summed E-state index contributed by atoms with van der Waals surface area (Å²) in [5.74, 6) is 0.258. The largest absolute Gasteiger partial charge is 0.508 e. The number of aromatic hydroxyl groups is 1. The summed E-state index contributed by atoms with van der Waals surface area (Å²) in [6, 6.07) is 17.7. The number of phenolic OH excluding ortho intramolecular Hbond substituents is 1. The molecule has 3 N–H and O–H groups in total. The Kier molecular flexibility index (Phi) is 4.10. The highest BCUT2D eigenvalue weighted by Gasteiger charge is 2.48. The van der Waals surface area contributed by atoms with Crippen LogP contribution in [-0.2, 0) is 11.0 Å². The van der Waals surface area contributed by atoms with Crippen molar-refractivity contribution in [1.82, 2.24) is 0 Å². The van der Waals surface area contributed by atoms with Gasteiger partial charge in [-0.1, -0.05) is 80.1 Å². The Balaban J connectivity index is 2.21. The summed E-state index contributed by atoms with van der Waals surface area (Å²) in [4.78, 5) is 0. The Morgan fingerprint density at radius 3 is 2.17 bits per heavy atom. The summed E-state index contributed by atoms with van der Waals surface area (Å²) in [7, 11) is 0. The van der Waals surface area contributed by atoms with Gasteiger partial charge in [-0.25, -0.2) is 0 Å². The molecule has 118 valence electrons. The van der Waals surface area contributed by atoms with Crippen LogP contribution in [0.15, 0.2) is 78.9 Å². The van der Waals surface area contributed by atoms with Crippen LogP contribution in [0.4, 0.5) is 0 Å². The van der Waals surface area contributed by atoms with E-state index >= 15 is 0 Å². The molecule has 0 radical (unpaired) electrons. The second kappa shape index (κ2) is 6.05. The molecule has 2 aromatic rings. The van der Waals surface area contributed by atoms with Crippen LogP contribution in [0, 0.1) is 0 Å². The number of benzene rings is 2. The summed E-state index contributed by atoms with van der Waals surface area (Å²) in [5.41, 5.74) is 8.29. The van der Waals surface area contributed by atoms with E-state index in [1.165, 1.54) is 5.56 Å². The molecule has 1 aliphatic rings. The molecule has 0 bridgehead atoms. The van der Waals surface area contributed by atoms with Gasteiger partial charge in [-0.3, -0.25) is 0 Å². The number of nitrogens with two attached hydrogens (primary N) is 1. The molecule has 0 saturated heterocycles. The van der Waals surface area contributed by atoms with Gasteiger partial charge in [-0.05, 0) is 29.7 Å².